The molecule has 0 aliphatic carbocycles. The molecule has 1 heterocycles. The van der Waals surface area contributed by atoms with Gasteiger partial charge in [0, 0.05) is 11.8 Å². The molecule has 0 saturated carbocycles. The van der Waals surface area contributed by atoms with Crippen LogP contribution in [0.25, 0.3) is 5.57 Å². The van der Waals surface area contributed by atoms with E-state index in [2.05, 4.69) is 5.32 Å². The number of nitrogens with one attached hydrogen (secondary N) is 1. The van der Waals surface area contributed by atoms with Gasteiger partial charge in [-0.3, -0.25) is 9.59 Å². The van der Waals surface area contributed by atoms with Gasteiger partial charge in [0.15, 0.2) is 11.6 Å². The van der Waals surface area contributed by atoms with Gasteiger partial charge in [-0.05, 0) is 49.2 Å². The molecule has 0 unspecified atom stereocenters. The van der Waals surface area contributed by atoms with E-state index in [-0.39, 0.29) is 17.0 Å². The van der Waals surface area contributed by atoms with Gasteiger partial charge in [-0.2, -0.15) is 0 Å². The Kier molecular flexibility index (Phi) is 4.91. The third-order valence-electron chi connectivity index (χ3n) is 4.94. The third kappa shape index (κ3) is 3.37. The van der Waals surface area contributed by atoms with Crippen LogP contribution >= 0.6 is 0 Å². The van der Waals surface area contributed by atoms with Crippen molar-refractivity contribution >= 4 is 28.8 Å². The summed E-state index contributed by atoms with van der Waals surface area (Å²) < 4.78 is 27.2. The van der Waals surface area contributed by atoms with Crippen molar-refractivity contribution in [3.8, 4) is 0 Å². The van der Waals surface area contributed by atoms with E-state index in [9.17, 15) is 18.4 Å². The fraction of sp³-hybridized carbons (Fsp3) is 0.0833. The van der Waals surface area contributed by atoms with Gasteiger partial charge >= 0.3 is 0 Å². The minimum Gasteiger partial charge on any atom is -0.350 e. The average molecular weight is 404 g/mol. The van der Waals surface area contributed by atoms with Gasteiger partial charge in [0.05, 0.1) is 11.3 Å². The molecule has 0 spiro atoms. The summed E-state index contributed by atoms with van der Waals surface area (Å²) in [6, 6.07) is 17.5. The highest BCUT2D eigenvalue weighted by atomic mass is 19.2. The van der Waals surface area contributed by atoms with E-state index in [4.69, 9.17) is 0 Å². The molecule has 0 atom stereocenters. The van der Waals surface area contributed by atoms with E-state index in [1.165, 1.54) is 6.07 Å². The Bertz CT molecular complexity index is 1200. The second kappa shape index (κ2) is 7.55. The van der Waals surface area contributed by atoms with E-state index in [1.54, 1.807) is 30.3 Å². The highest BCUT2D eigenvalue weighted by molar-refractivity contribution is 6.46. The number of carbonyl (C=O) groups is 2. The third-order valence-corrected chi connectivity index (χ3v) is 4.94. The van der Waals surface area contributed by atoms with E-state index in [0.717, 1.165) is 28.2 Å². The first kappa shape index (κ1) is 19.5. The Morgan fingerprint density at radius 1 is 0.800 bits per heavy atom. The zero-order chi connectivity index (χ0) is 21.4. The topological polar surface area (TPSA) is 49.4 Å². The zero-order valence-corrected chi connectivity index (χ0v) is 16.4. The minimum atomic E-state index is -1.13. The first-order valence-electron chi connectivity index (χ1n) is 9.34. The predicted octanol–water partition coefficient (Wildman–Crippen LogP) is 4.98. The first-order valence-corrected chi connectivity index (χ1v) is 9.34. The quantitative estimate of drug-likeness (QED) is 0.624. The van der Waals surface area contributed by atoms with Crippen LogP contribution in [0, 0.1) is 25.5 Å². The lowest BCUT2D eigenvalue weighted by molar-refractivity contribution is -0.120. The lowest BCUT2D eigenvalue weighted by atomic mass is 9.97. The smallest absolute Gasteiger partial charge is 0.282 e. The maximum Gasteiger partial charge on any atom is 0.282 e. The number of para-hydroxylation sites is 1. The molecule has 1 N–H and O–H groups in total. The van der Waals surface area contributed by atoms with Crippen LogP contribution in [0.3, 0.4) is 0 Å². The molecule has 2 amide bonds. The van der Waals surface area contributed by atoms with Crippen LogP contribution in [0.4, 0.5) is 20.2 Å². The summed E-state index contributed by atoms with van der Waals surface area (Å²) in [6.45, 7) is 3.79. The molecule has 3 aromatic rings. The molecule has 4 rings (SSSR count). The summed E-state index contributed by atoms with van der Waals surface area (Å²) in [7, 11) is 0. The molecule has 1 aliphatic heterocycles. The van der Waals surface area contributed by atoms with Crippen LogP contribution in [0.15, 0.2) is 72.4 Å². The first-order chi connectivity index (χ1) is 14.4. The number of hydrogen-bond donors (Lipinski definition) is 1. The SMILES string of the molecule is Cc1ccc(C2=C(Nc3ccccc3)C(=O)N(c3ccc(F)c(F)c3)C2=O)c(C)c1. The van der Waals surface area contributed by atoms with Crippen LogP contribution in [0.1, 0.15) is 16.7 Å². The molecule has 0 saturated heterocycles. The lowest BCUT2D eigenvalue weighted by Gasteiger charge is -2.16. The van der Waals surface area contributed by atoms with Crippen LogP contribution < -0.4 is 10.2 Å². The van der Waals surface area contributed by atoms with Gasteiger partial charge < -0.3 is 5.32 Å². The van der Waals surface area contributed by atoms with Crippen molar-refractivity contribution in [1.29, 1.82) is 0 Å². The molecule has 30 heavy (non-hydrogen) atoms. The molecule has 0 radical (unpaired) electrons. The summed E-state index contributed by atoms with van der Waals surface area (Å²) in [5, 5.41) is 3.04. The Morgan fingerprint density at radius 3 is 2.20 bits per heavy atom. The lowest BCUT2D eigenvalue weighted by Crippen LogP contribution is -2.32. The van der Waals surface area contributed by atoms with Crippen molar-refractivity contribution in [2.45, 2.75) is 13.8 Å². The maximum atomic E-state index is 13.8. The van der Waals surface area contributed by atoms with Gasteiger partial charge in [0.2, 0.25) is 0 Å². The Labute approximate surface area is 172 Å². The van der Waals surface area contributed by atoms with Gasteiger partial charge in [0.1, 0.15) is 5.70 Å². The molecule has 0 fully saturated rings. The van der Waals surface area contributed by atoms with Crippen LogP contribution in [0.2, 0.25) is 0 Å². The summed E-state index contributed by atoms with van der Waals surface area (Å²) in [5.41, 5.74) is 3.31. The van der Waals surface area contributed by atoms with Gasteiger partial charge in [0.25, 0.3) is 11.8 Å². The molecule has 150 valence electrons. The standard InChI is InChI=1S/C24H18F2N2O2/c1-14-8-10-18(15(2)12-14)21-22(27-16-6-4-3-5-7-16)24(30)28(23(21)29)17-9-11-19(25)20(26)13-17/h3-13,27H,1-2H3. The van der Waals surface area contributed by atoms with E-state index < -0.39 is 23.4 Å². The van der Waals surface area contributed by atoms with Gasteiger partial charge in [-0.1, -0.05) is 42.0 Å². The van der Waals surface area contributed by atoms with E-state index in [1.807, 2.05) is 32.0 Å². The molecule has 6 heteroatoms. The van der Waals surface area contributed by atoms with Crippen molar-refractivity contribution in [2.24, 2.45) is 0 Å². The number of carbonyl (C=O) groups excluding carboxylic acids is 2. The Morgan fingerprint density at radius 2 is 1.53 bits per heavy atom. The highest BCUT2D eigenvalue weighted by Crippen LogP contribution is 2.35. The molecule has 1 aliphatic rings. The van der Waals surface area contributed by atoms with Crippen LogP contribution in [-0.4, -0.2) is 11.8 Å². The number of rotatable bonds is 4. The van der Waals surface area contributed by atoms with Crippen molar-refractivity contribution in [1.82, 2.24) is 0 Å². The molecule has 4 nitrogen and oxygen atoms in total. The van der Waals surface area contributed by atoms with Crippen molar-refractivity contribution in [2.75, 3.05) is 10.2 Å². The number of imide groups is 1. The Hall–Kier alpha value is -3.80. The van der Waals surface area contributed by atoms with E-state index in [0.29, 0.717) is 11.3 Å². The number of amides is 2. The highest BCUT2D eigenvalue weighted by Gasteiger charge is 2.41. The van der Waals surface area contributed by atoms with E-state index >= 15 is 0 Å². The maximum absolute atomic E-state index is 13.8. The number of aryl methyl sites for hydroxylation is 2. The summed E-state index contributed by atoms with van der Waals surface area (Å²) in [4.78, 5) is 27.5. The second-order valence-corrected chi connectivity index (χ2v) is 7.10. The number of halogens is 2. The summed E-state index contributed by atoms with van der Waals surface area (Å²) in [5.74, 6) is -3.42. The molecular weight excluding hydrogens is 386 g/mol. The molecule has 3 aromatic carbocycles. The van der Waals surface area contributed by atoms with Crippen molar-refractivity contribution in [3.05, 3.63) is 101 Å². The number of benzene rings is 3. The predicted molar refractivity (Wildman–Crippen MR) is 112 cm³/mol. The van der Waals surface area contributed by atoms with Crippen molar-refractivity contribution < 1.29 is 18.4 Å². The number of hydrogen-bond acceptors (Lipinski definition) is 3. The Balaban J connectivity index is 1.86. The van der Waals surface area contributed by atoms with Crippen LogP contribution in [-0.2, 0) is 9.59 Å². The molecule has 0 aromatic heterocycles. The monoisotopic (exact) mass is 404 g/mol. The fourth-order valence-corrected chi connectivity index (χ4v) is 3.51. The van der Waals surface area contributed by atoms with Gasteiger partial charge in [-0.15, -0.1) is 0 Å². The number of nitrogens with zero attached hydrogens (tertiary/aromatic N) is 1. The summed E-state index contributed by atoms with van der Waals surface area (Å²) in [6.07, 6.45) is 0. The van der Waals surface area contributed by atoms with Gasteiger partial charge in [-0.25, -0.2) is 13.7 Å². The fourth-order valence-electron chi connectivity index (χ4n) is 3.51. The van der Waals surface area contributed by atoms with Crippen LogP contribution in [0.5, 0.6) is 0 Å². The second-order valence-electron chi connectivity index (χ2n) is 7.10. The van der Waals surface area contributed by atoms with Crippen molar-refractivity contribution in [3.63, 3.8) is 0 Å². The normalized spacial score (nSPS) is 13.9. The summed E-state index contributed by atoms with van der Waals surface area (Å²) >= 11 is 0. The minimum absolute atomic E-state index is 0.0315. The largest absolute Gasteiger partial charge is 0.350 e. The average Bonchev–Trinajstić information content (AvgIpc) is 2.95. The molecule has 0 bridgehead atoms. The molecular formula is C24H18F2N2O2. The number of anilines is 2. The zero-order valence-electron chi connectivity index (χ0n) is 16.4.